The van der Waals surface area contributed by atoms with Crippen molar-refractivity contribution in [2.75, 3.05) is 39.0 Å². The molecule has 1 fully saturated rings. The maximum atomic E-state index is 13.4. The minimum atomic E-state index is -0.112. The number of aryl methyl sites for hydroxylation is 1. The van der Waals surface area contributed by atoms with Gasteiger partial charge in [-0.1, -0.05) is 24.3 Å². The molecule has 0 bridgehead atoms. The fourth-order valence-electron chi connectivity index (χ4n) is 4.28. The summed E-state index contributed by atoms with van der Waals surface area (Å²) in [6, 6.07) is 17.4. The zero-order valence-electron chi connectivity index (χ0n) is 19.9. The van der Waals surface area contributed by atoms with Crippen LogP contribution in [-0.2, 0) is 6.54 Å². The number of nitrogens with zero attached hydrogens (tertiary/aromatic N) is 3. The summed E-state index contributed by atoms with van der Waals surface area (Å²) in [6.07, 6.45) is 3.59. The Labute approximate surface area is 200 Å². The van der Waals surface area contributed by atoms with Crippen molar-refractivity contribution >= 4 is 17.5 Å². The smallest absolute Gasteiger partial charge is 0.254 e. The number of pyridine rings is 1. The number of hydrogen-bond acceptors (Lipinski definition) is 5. The predicted molar refractivity (Wildman–Crippen MR) is 134 cm³/mol. The normalized spacial score (nSPS) is 16.2. The Morgan fingerprint density at radius 2 is 1.91 bits per heavy atom. The van der Waals surface area contributed by atoms with Crippen LogP contribution in [0, 0.1) is 6.92 Å². The Hall–Kier alpha value is -3.71. The number of piperazine rings is 1. The number of amides is 2. The first kappa shape index (κ1) is 23.4. The van der Waals surface area contributed by atoms with Gasteiger partial charge in [-0.15, -0.1) is 0 Å². The lowest BCUT2D eigenvalue weighted by atomic mass is 9.99. The number of likely N-dealkylation sites (N-methyl/N-ethyl adjacent to an activating group) is 1. The number of aromatic nitrogens is 1. The summed E-state index contributed by atoms with van der Waals surface area (Å²) in [5, 5.41) is 6.11. The molecule has 2 heterocycles. The standard InChI is InChI=1S/C27H31N5O2/c1-19-9-10-23(15-24(19)30-17-20-6-5-11-29-16-20)27(34)32-13-12-31(3)25(18-32)21-7-4-8-22(14-21)26(33)28-2/h4-11,14-16,25,30H,12-13,17-18H2,1-3H3,(H,28,33)/t25-/m1/s1. The number of carbonyl (C=O) groups is 2. The molecule has 0 aliphatic carbocycles. The molecule has 2 amide bonds. The first-order valence-electron chi connectivity index (χ1n) is 11.5. The molecule has 4 rings (SSSR count). The molecule has 0 saturated carbocycles. The number of nitrogens with one attached hydrogen (secondary N) is 2. The zero-order valence-corrected chi connectivity index (χ0v) is 19.9. The lowest BCUT2D eigenvalue weighted by Gasteiger charge is -2.40. The van der Waals surface area contributed by atoms with Crippen LogP contribution in [0.2, 0.25) is 0 Å². The summed E-state index contributed by atoms with van der Waals surface area (Å²) in [5.74, 6) is -0.0933. The van der Waals surface area contributed by atoms with Gasteiger partial charge in [-0.3, -0.25) is 19.5 Å². The van der Waals surface area contributed by atoms with E-state index in [2.05, 4.69) is 27.6 Å². The molecule has 3 aromatic rings. The van der Waals surface area contributed by atoms with Gasteiger partial charge in [-0.2, -0.15) is 0 Å². The molecule has 1 aliphatic heterocycles. The van der Waals surface area contributed by atoms with Gasteiger partial charge in [0.15, 0.2) is 0 Å². The Morgan fingerprint density at radius 1 is 1.06 bits per heavy atom. The number of anilines is 1. The van der Waals surface area contributed by atoms with Crippen LogP contribution >= 0.6 is 0 Å². The number of hydrogen-bond donors (Lipinski definition) is 2. The third-order valence-corrected chi connectivity index (χ3v) is 6.39. The van der Waals surface area contributed by atoms with Gasteiger partial charge < -0.3 is 15.5 Å². The molecular formula is C27H31N5O2. The van der Waals surface area contributed by atoms with Crippen molar-refractivity contribution in [3.63, 3.8) is 0 Å². The van der Waals surface area contributed by atoms with Crippen LogP contribution in [-0.4, -0.2) is 60.3 Å². The molecule has 2 aromatic carbocycles. The third kappa shape index (κ3) is 5.26. The van der Waals surface area contributed by atoms with Crippen molar-refractivity contribution in [2.24, 2.45) is 0 Å². The van der Waals surface area contributed by atoms with Gasteiger partial charge >= 0.3 is 0 Å². The molecule has 1 atom stereocenters. The Bertz CT molecular complexity index is 1160. The van der Waals surface area contributed by atoms with Crippen LogP contribution in [0.1, 0.15) is 43.4 Å². The van der Waals surface area contributed by atoms with Gasteiger partial charge in [-0.25, -0.2) is 0 Å². The van der Waals surface area contributed by atoms with E-state index in [0.29, 0.717) is 30.8 Å². The second-order valence-electron chi connectivity index (χ2n) is 8.70. The van der Waals surface area contributed by atoms with Crippen molar-refractivity contribution in [1.29, 1.82) is 0 Å². The lowest BCUT2D eigenvalue weighted by molar-refractivity contribution is 0.0545. The second-order valence-corrected chi connectivity index (χ2v) is 8.70. The van der Waals surface area contributed by atoms with Crippen LogP contribution in [0.25, 0.3) is 0 Å². The average molecular weight is 458 g/mol. The van der Waals surface area contributed by atoms with E-state index < -0.39 is 0 Å². The van der Waals surface area contributed by atoms with Crippen molar-refractivity contribution in [2.45, 2.75) is 19.5 Å². The van der Waals surface area contributed by atoms with Gasteiger partial charge in [0.05, 0.1) is 6.04 Å². The molecule has 1 saturated heterocycles. The number of benzene rings is 2. The Kier molecular flexibility index (Phi) is 7.23. The highest BCUT2D eigenvalue weighted by Gasteiger charge is 2.29. The molecule has 34 heavy (non-hydrogen) atoms. The molecule has 7 nitrogen and oxygen atoms in total. The highest BCUT2D eigenvalue weighted by atomic mass is 16.2. The summed E-state index contributed by atoms with van der Waals surface area (Å²) < 4.78 is 0. The quantitative estimate of drug-likeness (QED) is 0.593. The van der Waals surface area contributed by atoms with Crippen LogP contribution < -0.4 is 10.6 Å². The molecule has 1 aromatic heterocycles. The zero-order chi connectivity index (χ0) is 24.1. The number of rotatable bonds is 6. The summed E-state index contributed by atoms with van der Waals surface area (Å²) in [6.45, 7) is 4.67. The maximum Gasteiger partial charge on any atom is 0.254 e. The van der Waals surface area contributed by atoms with E-state index in [1.807, 2.05) is 66.6 Å². The molecular weight excluding hydrogens is 426 g/mol. The maximum absolute atomic E-state index is 13.4. The van der Waals surface area contributed by atoms with Crippen LogP contribution in [0.4, 0.5) is 5.69 Å². The van der Waals surface area contributed by atoms with Gasteiger partial charge in [-0.05, 0) is 61.0 Å². The van der Waals surface area contributed by atoms with Crippen molar-refractivity contribution in [3.05, 3.63) is 94.8 Å². The lowest BCUT2D eigenvalue weighted by Crippen LogP contribution is -2.49. The van der Waals surface area contributed by atoms with Gasteiger partial charge in [0.1, 0.15) is 0 Å². The Balaban J connectivity index is 1.50. The summed E-state index contributed by atoms with van der Waals surface area (Å²) >= 11 is 0. The van der Waals surface area contributed by atoms with E-state index in [4.69, 9.17) is 0 Å². The molecule has 1 aliphatic rings. The van der Waals surface area contributed by atoms with Crippen molar-refractivity contribution in [1.82, 2.24) is 20.1 Å². The summed E-state index contributed by atoms with van der Waals surface area (Å²) in [4.78, 5) is 33.8. The minimum Gasteiger partial charge on any atom is -0.381 e. The molecule has 7 heteroatoms. The topological polar surface area (TPSA) is 77.6 Å². The number of carbonyl (C=O) groups excluding carboxylic acids is 2. The van der Waals surface area contributed by atoms with Crippen LogP contribution in [0.3, 0.4) is 0 Å². The first-order valence-corrected chi connectivity index (χ1v) is 11.5. The fraction of sp³-hybridized carbons (Fsp3) is 0.296. The SMILES string of the molecule is CNC(=O)c1cccc([C@H]2CN(C(=O)c3ccc(C)c(NCc4cccnc4)c3)CCN2C)c1. The molecule has 2 N–H and O–H groups in total. The van der Waals surface area contributed by atoms with Crippen LogP contribution in [0.15, 0.2) is 67.0 Å². The average Bonchev–Trinajstić information content (AvgIpc) is 2.88. The minimum absolute atomic E-state index is 0.0185. The largest absolute Gasteiger partial charge is 0.381 e. The second kappa shape index (κ2) is 10.5. The highest BCUT2D eigenvalue weighted by Crippen LogP contribution is 2.27. The highest BCUT2D eigenvalue weighted by molar-refractivity contribution is 5.96. The van der Waals surface area contributed by atoms with Gasteiger partial charge in [0, 0.05) is 62.4 Å². The first-order chi connectivity index (χ1) is 16.5. The van der Waals surface area contributed by atoms with E-state index >= 15 is 0 Å². The molecule has 0 radical (unpaired) electrons. The third-order valence-electron chi connectivity index (χ3n) is 6.39. The summed E-state index contributed by atoms with van der Waals surface area (Å²) in [5.41, 5.74) is 5.44. The summed E-state index contributed by atoms with van der Waals surface area (Å²) in [7, 11) is 3.69. The van der Waals surface area contributed by atoms with Crippen LogP contribution in [0.5, 0.6) is 0 Å². The molecule has 0 unspecified atom stereocenters. The molecule has 0 spiro atoms. The fourth-order valence-corrected chi connectivity index (χ4v) is 4.28. The van der Waals surface area contributed by atoms with Crippen molar-refractivity contribution in [3.8, 4) is 0 Å². The Morgan fingerprint density at radius 3 is 2.68 bits per heavy atom. The molecule has 176 valence electrons. The van der Waals surface area contributed by atoms with E-state index in [1.165, 1.54) is 0 Å². The van der Waals surface area contributed by atoms with E-state index in [-0.39, 0.29) is 17.9 Å². The van der Waals surface area contributed by atoms with E-state index in [0.717, 1.165) is 28.9 Å². The van der Waals surface area contributed by atoms with Crippen molar-refractivity contribution < 1.29 is 9.59 Å². The van der Waals surface area contributed by atoms with Gasteiger partial charge in [0.25, 0.3) is 11.8 Å². The van der Waals surface area contributed by atoms with E-state index in [1.54, 1.807) is 19.3 Å². The van der Waals surface area contributed by atoms with Gasteiger partial charge in [0.2, 0.25) is 0 Å². The van der Waals surface area contributed by atoms with E-state index in [9.17, 15) is 9.59 Å². The monoisotopic (exact) mass is 457 g/mol. The predicted octanol–water partition coefficient (Wildman–Crippen LogP) is 3.49.